The number of aryl methyl sites for hydroxylation is 2. The average molecular weight is 392 g/mol. The molecule has 0 spiro atoms. The SMILES string of the molecule is CCCC[C@@H]1[C@H](S(=O)c2ccc(C)cc2)N1S(=O)(=O)c1ccc(C)cc1. The van der Waals surface area contributed by atoms with Crippen molar-refractivity contribution < 1.29 is 12.6 Å². The molecule has 0 aliphatic carbocycles. The molecule has 1 aliphatic heterocycles. The molecule has 0 saturated carbocycles. The van der Waals surface area contributed by atoms with Crippen molar-refractivity contribution in [2.24, 2.45) is 0 Å². The lowest BCUT2D eigenvalue weighted by molar-refractivity contribution is 0.541. The van der Waals surface area contributed by atoms with Crippen molar-refractivity contribution in [1.29, 1.82) is 0 Å². The standard InChI is InChI=1S/C20H25NO3S2/c1-4-5-6-19-20(25(22)17-11-7-15(2)8-12-17)21(19)26(23,24)18-13-9-16(3)10-14-18/h7-14,19-20H,4-6H2,1-3H3/t19-,20+,21?,25?/m1/s1. The number of hydrogen-bond donors (Lipinski definition) is 0. The topological polar surface area (TPSA) is 54.2 Å². The Kier molecular flexibility index (Phi) is 5.65. The molecular weight excluding hydrogens is 366 g/mol. The number of unbranched alkanes of at least 4 members (excludes halogenated alkanes) is 1. The van der Waals surface area contributed by atoms with Gasteiger partial charge in [0.25, 0.3) is 0 Å². The van der Waals surface area contributed by atoms with Crippen LogP contribution in [0.25, 0.3) is 0 Å². The van der Waals surface area contributed by atoms with E-state index in [0.717, 1.165) is 30.4 Å². The van der Waals surface area contributed by atoms with E-state index in [9.17, 15) is 12.6 Å². The van der Waals surface area contributed by atoms with E-state index in [1.807, 2.05) is 38.1 Å². The monoisotopic (exact) mass is 391 g/mol. The van der Waals surface area contributed by atoms with Crippen molar-refractivity contribution in [2.75, 3.05) is 0 Å². The van der Waals surface area contributed by atoms with Crippen LogP contribution in [-0.2, 0) is 20.8 Å². The van der Waals surface area contributed by atoms with Gasteiger partial charge < -0.3 is 0 Å². The molecule has 2 unspecified atom stereocenters. The maximum absolute atomic E-state index is 13.1. The van der Waals surface area contributed by atoms with Crippen molar-refractivity contribution in [3.05, 3.63) is 59.7 Å². The summed E-state index contributed by atoms with van der Waals surface area (Å²) in [6.45, 7) is 5.97. The Morgan fingerprint density at radius 1 is 0.962 bits per heavy atom. The fraction of sp³-hybridized carbons (Fsp3) is 0.400. The molecule has 1 saturated heterocycles. The lowest BCUT2D eigenvalue weighted by Gasteiger charge is -2.07. The highest BCUT2D eigenvalue weighted by Gasteiger charge is 2.58. The predicted octanol–water partition coefficient (Wildman–Crippen LogP) is 4.00. The number of hydrogen-bond acceptors (Lipinski definition) is 3. The first-order valence-corrected chi connectivity index (χ1v) is 11.6. The molecule has 1 fully saturated rings. The van der Waals surface area contributed by atoms with Gasteiger partial charge in [0, 0.05) is 4.90 Å². The Labute approximate surface area is 158 Å². The maximum atomic E-state index is 13.1. The van der Waals surface area contributed by atoms with Crippen LogP contribution in [0.3, 0.4) is 0 Å². The van der Waals surface area contributed by atoms with Gasteiger partial charge in [-0.15, -0.1) is 0 Å². The summed E-state index contributed by atoms with van der Waals surface area (Å²) in [7, 11) is -5.01. The van der Waals surface area contributed by atoms with Gasteiger partial charge in [-0.2, -0.15) is 4.31 Å². The van der Waals surface area contributed by atoms with Crippen molar-refractivity contribution in [2.45, 2.75) is 61.2 Å². The number of rotatable bonds is 7. The summed E-state index contributed by atoms with van der Waals surface area (Å²) in [6.07, 6.45) is 2.65. The predicted molar refractivity (Wildman–Crippen MR) is 105 cm³/mol. The summed E-state index contributed by atoms with van der Waals surface area (Å²) in [4.78, 5) is 0.955. The van der Waals surface area contributed by atoms with Crippen LogP contribution in [0.1, 0.15) is 37.3 Å². The highest BCUT2D eigenvalue weighted by Crippen LogP contribution is 2.42. The van der Waals surface area contributed by atoms with Crippen LogP contribution in [-0.4, -0.2) is 28.3 Å². The van der Waals surface area contributed by atoms with Gasteiger partial charge in [-0.05, 0) is 44.5 Å². The third-order valence-corrected chi connectivity index (χ3v) is 8.51. The first-order chi connectivity index (χ1) is 12.4. The molecule has 1 aliphatic rings. The molecular formula is C20H25NO3S2. The molecule has 2 aromatic carbocycles. The van der Waals surface area contributed by atoms with E-state index in [-0.39, 0.29) is 10.9 Å². The van der Waals surface area contributed by atoms with E-state index in [2.05, 4.69) is 6.92 Å². The van der Waals surface area contributed by atoms with E-state index in [1.54, 1.807) is 24.3 Å². The first kappa shape index (κ1) is 19.3. The summed E-state index contributed by atoms with van der Waals surface area (Å²) < 4.78 is 40.6. The highest BCUT2D eigenvalue weighted by atomic mass is 32.2. The zero-order chi connectivity index (χ0) is 18.9. The number of sulfonamides is 1. The van der Waals surface area contributed by atoms with Gasteiger partial charge in [-0.3, -0.25) is 4.21 Å². The quantitative estimate of drug-likeness (QED) is 0.670. The minimum atomic E-state index is -3.63. The van der Waals surface area contributed by atoms with Crippen LogP contribution in [0, 0.1) is 13.8 Å². The van der Waals surface area contributed by atoms with Gasteiger partial charge in [0.15, 0.2) is 0 Å². The molecule has 0 amide bonds. The Morgan fingerprint density at radius 2 is 1.50 bits per heavy atom. The largest absolute Gasteiger partial charge is 0.253 e. The van der Waals surface area contributed by atoms with E-state index in [0.29, 0.717) is 4.90 Å². The van der Waals surface area contributed by atoms with Crippen LogP contribution < -0.4 is 0 Å². The number of benzene rings is 2. The second-order valence-corrected chi connectivity index (χ2v) is 10.3. The third kappa shape index (κ3) is 3.77. The average Bonchev–Trinajstić information content (AvgIpc) is 3.35. The summed E-state index contributed by atoms with van der Waals surface area (Å²) in [6, 6.07) is 14.1. The fourth-order valence-electron chi connectivity index (χ4n) is 3.11. The lowest BCUT2D eigenvalue weighted by Crippen LogP contribution is -2.17. The highest BCUT2D eigenvalue weighted by molar-refractivity contribution is 7.92. The van der Waals surface area contributed by atoms with Crippen molar-refractivity contribution in [1.82, 2.24) is 4.31 Å². The summed E-state index contributed by atoms with van der Waals surface area (Å²) in [5.74, 6) is 0. The van der Waals surface area contributed by atoms with Gasteiger partial charge in [-0.25, -0.2) is 8.42 Å². The van der Waals surface area contributed by atoms with Gasteiger partial charge in [0.1, 0.15) is 5.37 Å². The molecule has 4 nitrogen and oxygen atoms in total. The minimum absolute atomic E-state index is 0.191. The molecule has 0 bridgehead atoms. The first-order valence-electron chi connectivity index (χ1n) is 8.93. The summed E-state index contributed by atoms with van der Waals surface area (Å²) >= 11 is 0. The smallest absolute Gasteiger partial charge is 0.244 e. The van der Waals surface area contributed by atoms with Crippen LogP contribution in [0.15, 0.2) is 58.3 Å². The van der Waals surface area contributed by atoms with E-state index < -0.39 is 26.2 Å². The minimum Gasteiger partial charge on any atom is -0.253 e. The van der Waals surface area contributed by atoms with Crippen molar-refractivity contribution in [3.63, 3.8) is 0 Å². The second-order valence-electron chi connectivity index (χ2n) is 6.86. The molecule has 0 radical (unpaired) electrons. The molecule has 0 N–H and O–H groups in total. The van der Waals surface area contributed by atoms with E-state index in [4.69, 9.17) is 0 Å². The van der Waals surface area contributed by atoms with Crippen molar-refractivity contribution >= 4 is 20.8 Å². The van der Waals surface area contributed by atoms with Crippen LogP contribution >= 0.6 is 0 Å². The third-order valence-electron chi connectivity index (χ3n) is 4.74. The molecule has 2 aromatic rings. The Balaban J connectivity index is 1.89. The van der Waals surface area contributed by atoms with Crippen LogP contribution in [0.4, 0.5) is 0 Å². The van der Waals surface area contributed by atoms with Crippen molar-refractivity contribution in [3.8, 4) is 0 Å². The van der Waals surface area contributed by atoms with Gasteiger partial charge in [-0.1, -0.05) is 55.2 Å². The summed E-state index contributed by atoms with van der Waals surface area (Å²) in [5.41, 5.74) is 2.10. The molecule has 4 atom stereocenters. The Morgan fingerprint density at radius 3 is 2.04 bits per heavy atom. The molecule has 3 rings (SSSR count). The fourth-order valence-corrected chi connectivity index (χ4v) is 6.94. The molecule has 1 heterocycles. The van der Waals surface area contributed by atoms with Crippen LogP contribution in [0.5, 0.6) is 0 Å². The van der Waals surface area contributed by atoms with Crippen LogP contribution in [0.2, 0.25) is 0 Å². The molecule has 26 heavy (non-hydrogen) atoms. The zero-order valence-electron chi connectivity index (χ0n) is 15.4. The van der Waals surface area contributed by atoms with Gasteiger partial charge in [0.05, 0.1) is 21.7 Å². The van der Waals surface area contributed by atoms with Gasteiger partial charge >= 0.3 is 0 Å². The lowest BCUT2D eigenvalue weighted by atomic mass is 10.2. The maximum Gasteiger partial charge on any atom is 0.244 e. The zero-order valence-corrected chi connectivity index (χ0v) is 17.0. The Hall–Kier alpha value is -1.50. The van der Waals surface area contributed by atoms with Gasteiger partial charge in [0.2, 0.25) is 10.0 Å². The normalized spacial score (nSPS) is 23.6. The molecule has 6 heteroatoms. The Bertz CT molecular complexity index is 890. The second kappa shape index (κ2) is 7.62. The summed E-state index contributed by atoms with van der Waals surface area (Å²) in [5, 5.41) is -0.476. The van der Waals surface area contributed by atoms with E-state index in [1.165, 1.54) is 4.31 Å². The van der Waals surface area contributed by atoms with E-state index >= 15 is 0 Å². The molecule has 0 aromatic heterocycles. The molecule has 140 valence electrons. The number of nitrogens with zero attached hydrogens (tertiary/aromatic N) is 1.